The Bertz CT molecular complexity index is 2330. The average Bonchev–Trinajstić information content (AvgIpc) is 3.73. The Morgan fingerprint density at radius 1 is 0.545 bits per heavy atom. The summed E-state index contributed by atoms with van der Waals surface area (Å²) in [6, 6.07) is 31.9. The lowest BCUT2D eigenvalue weighted by atomic mass is 10.1. The van der Waals surface area contributed by atoms with E-state index in [-0.39, 0.29) is 76.1 Å². The van der Waals surface area contributed by atoms with Gasteiger partial charge >= 0.3 is 0 Å². The van der Waals surface area contributed by atoms with Gasteiger partial charge in [-0.3, -0.25) is 9.59 Å². The predicted octanol–water partition coefficient (Wildman–Crippen LogP) is -2.51. The quantitative estimate of drug-likeness (QED) is 0.0206. The summed E-state index contributed by atoms with van der Waals surface area (Å²) in [5.74, 6) is 3.04. The number of hydrogen-bond donors (Lipinski definition) is 6. The first-order valence-corrected chi connectivity index (χ1v) is 24.0. The van der Waals surface area contributed by atoms with Gasteiger partial charge in [-0.05, 0) is 71.8 Å². The SMILES string of the molecule is C[n+]1c(C=Cc2ccc(N(CCO)CCO)cc2)n(CC(=O)NCCSSCCNC(=O)Cn2c(C=Cc3ccc(N(CCO)CCO)cc3)[n+](C)c3ccccc32)c2ccccc21.[Cl-].[Cl-]. The molecular weight excluding hydrogens is 920 g/mol. The number of nitrogens with one attached hydrogen (secondary N) is 2. The lowest BCUT2D eigenvalue weighted by Gasteiger charge is -2.22. The highest BCUT2D eigenvalue weighted by molar-refractivity contribution is 8.76. The van der Waals surface area contributed by atoms with Gasteiger partial charge in [-0.15, -0.1) is 0 Å². The molecule has 6 aromatic rings. The van der Waals surface area contributed by atoms with E-state index in [1.165, 1.54) is 0 Å². The van der Waals surface area contributed by atoms with Gasteiger partial charge in [-0.2, -0.15) is 0 Å². The molecule has 0 saturated carbocycles. The Hall–Kier alpha value is -5.04. The number of aliphatic hydroxyl groups is 4. The highest BCUT2D eigenvalue weighted by Gasteiger charge is 2.24. The highest BCUT2D eigenvalue weighted by atomic mass is 35.5. The molecule has 6 N–H and O–H groups in total. The molecule has 4 aromatic carbocycles. The number of halogens is 2. The lowest BCUT2D eigenvalue weighted by Crippen LogP contribution is -3.00. The Kier molecular flexibility index (Phi) is 22.4. The molecule has 0 bridgehead atoms. The van der Waals surface area contributed by atoms with Crippen LogP contribution in [0.5, 0.6) is 0 Å². The van der Waals surface area contributed by atoms with Gasteiger partial charge in [0, 0.05) is 74.3 Å². The molecule has 0 unspecified atom stereocenters. The minimum absolute atomic E-state index is 0. The van der Waals surface area contributed by atoms with E-state index in [0.29, 0.717) is 39.3 Å². The average molecular weight is 980 g/mol. The fraction of sp³-hybridized carbons (Fsp3) is 0.333. The molecule has 0 aliphatic heterocycles. The van der Waals surface area contributed by atoms with Crippen molar-refractivity contribution in [3.8, 4) is 0 Å². The van der Waals surface area contributed by atoms with E-state index in [0.717, 1.165) is 67.7 Å². The normalized spacial score (nSPS) is 11.3. The van der Waals surface area contributed by atoms with Crippen molar-refractivity contribution in [1.82, 2.24) is 19.8 Å². The summed E-state index contributed by atoms with van der Waals surface area (Å²) in [6.45, 7) is 3.15. The zero-order chi connectivity index (χ0) is 45.3. The molecule has 354 valence electrons. The van der Waals surface area contributed by atoms with Crippen molar-refractivity contribution < 1.29 is 64.0 Å². The molecule has 2 aromatic heterocycles. The molecule has 0 aliphatic carbocycles. The van der Waals surface area contributed by atoms with E-state index in [9.17, 15) is 30.0 Å². The van der Waals surface area contributed by atoms with Crippen LogP contribution in [-0.2, 0) is 36.8 Å². The zero-order valence-corrected chi connectivity index (χ0v) is 40.5. The van der Waals surface area contributed by atoms with Gasteiger partial charge in [0.2, 0.25) is 0 Å². The van der Waals surface area contributed by atoms with Crippen molar-refractivity contribution in [2.45, 2.75) is 13.1 Å². The Morgan fingerprint density at radius 2 is 0.894 bits per heavy atom. The third-order valence-corrected chi connectivity index (χ3v) is 13.3. The van der Waals surface area contributed by atoms with Crippen LogP contribution in [-0.4, -0.2) is 119 Å². The first-order chi connectivity index (χ1) is 31.3. The maximum Gasteiger partial charge on any atom is 0.282 e. The minimum Gasteiger partial charge on any atom is -1.00 e. The molecule has 0 spiro atoms. The number of carbonyl (C=O) groups is 2. The number of aryl methyl sites for hydroxylation is 2. The molecule has 0 atom stereocenters. The Morgan fingerprint density at radius 3 is 1.24 bits per heavy atom. The van der Waals surface area contributed by atoms with E-state index in [4.69, 9.17) is 0 Å². The molecule has 6 rings (SSSR count). The number of benzene rings is 4. The van der Waals surface area contributed by atoms with E-state index in [2.05, 4.69) is 19.8 Å². The van der Waals surface area contributed by atoms with Gasteiger partial charge in [0.05, 0.1) is 40.5 Å². The van der Waals surface area contributed by atoms with Crippen molar-refractivity contribution >= 4 is 91.1 Å². The van der Waals surface area contributed by atoms with Crippen LogP contribution in [0.1, 0.15) is 22.8 Å². The number of aromatic nitrogens is 4. The van der Waals surface area contributed by atoms with E-state index in [1.807, 2.05) is 154 Å². The molecule has 14 nitrogen and oxygen atoms in total. The number of fused-ring (bicyclic) bond motifs is 2. The number of para-hydroxylation sites is 4. The van der Waals surface area contributed by atoms with Crippen molar-refractivity contribution in [2.75, 3.05) is 87.0 Å². The molecule has 66 heavy (non-hydrogen) atoms. The molecule has 2 amide bonds. The topological polar surface area (TPSA) is 163 Å². The zero-order valence-electron chi connectivity index (χ0n) is 37.3. The number of imidazole rings is 2. The van der Waals surface area contributed by atoms with Gasteiger partial charge in [0.15, 0.2) is 35.2 Å². The van der Waals surface area contributed by atoms with Gasteiger partial charge < -0.3 is 65.7 Å². The van der Waals surface area contributed by atoms with E-state index >= 15 is 0 Å². The van der Waals surface area contributed by atoms with Gasteiger partial charge in [0.1, 0.15) is 0 Å². The number of rotatable bonds is 25. The van der Waals surface area contributed by atoms with Crippen LogP contribution < -0.4 is 54.4 Å². The van der Waals surface area contributed by atoms with Gasteiger partial charge in [-0.1, -0.05) is 70.1 Å². The minimum atomic E-state index is -0.0797. The molecule has 0 fully saturated rings. The second-order valence-corrected chi connectivity index (χ2v) is 17.7. The first-order valence-electron chi connectivity index (χ1n) is 21.5. The number of nitrogens with zero attached hydrogens (tertiary/aromatic N) is 6. The lowest BCUT2D eigenvalue weighted by molar-refractivity contribution is -0.647. The van der Waals surface area contributed by atoms with Crippen LogP contribution in [0.2, 0.25) is 0 Å². The van der Waals surface area contributed by atoms with Crippen LogP contribution in [0.3, 0.4) is 0 Å². The summed E-state index contributed by atoms with van der Waals surface area (Å²) >= 11 is 0. The standard InChI is InChI=1S/C48H58N8O6S2.2ClH/c1-51-41-7-3-5-9-43(41)55(47(51)21-15-37-11-17-39(18-12-37)53(25-29-57)26-30-58)35-45(61)49-23-33-63-64-34-24-50-46(62)36-56-44-10-6-4-8-42(44)52(2)48(56)22-16-38-13-19-40(20-14-38)54(27-31-59)28-32-60;;/h3-22,57-60H,23-36H2,1-2H3;2*1H. The fourth-order valence-corrected chi connectivity index (χ4v) is 9.50. The maximum absolute atomic E-state index is 13.3. The van der Waals surface area contributed by atoms with E-state index in [1.54, 1.807) is 21.6 Å². The second-order valence-electron chi connectivity index (χ2n) is 15.0. The largest absolute Gasteiger partial charge is 1.00 e. The molecule has 0 radical (unpaired) electrons. The summed E-state index contributed by atoms with van der Waals surface area (Å²) in [5, 5.41) is 43.8. The molecular formula is C48H60Cl2N8O6S2. The van der Waals surface area contributed by atoms with Crippen molar-refractivity contribution in [1.29, 1.82) is 0 Å². The van der Waals surface area contributed by atoms with Crippen LogP contribution >= 0.6 is 21.6 Å². The monoisotopic (exact) mass is 978 g/mol. The third kappa shape index (κ3) is 14.2. The summed E-state index contributed by atoms with van der Waals surface area (Å²) in [7, 11) is 7.31. The van der Waals surface area contributed by atoms with Crippen LogP contribution in [0.4, 0.5) is 11.4 Å². The number of carbonyl (C=O) groups excluding carboxylic acids is 2. The molecule has 18 heteroatoms. The second kappa shape index (κ2) is 27.6. The fourth-order valence-electron chi connectivity index (χ4n) is 7.68. The van der Waals surface area contributed by atoms with Gasteiger partial charge in [0.25, 0.3) is 23.5 Å². The highest BCUT2D eigenvalue weighted by Crippen LogP contribution is 2.22. The van der Waals surface area contributed by atoms with E-state index < -0.39 is 0 Å². The van der Waals surface area contributed by atoms with Crippen molar-refractivity contribution in [2.24, 2.45) is 14.1 Å². The number of amides is 2. The Balaban J connectivity index is 0.00000476. The summed E-state index contributed by atoms with van der Waals surface area (Å²) < 4.78 is 8.21. The Labute approximate surface area is 406 Å². The molecule has 2 heterocycles. The predicted molar refractivity (Wildman–Crippen MR) is 261 cm³/mol. The van der Waals surface area contributed by atoms with Crippen LogP contribution in [0.25, 0.3) is 46.4 Å². The van der Waals surface area contributed by atoms with Crippen molar-refractivity contribution in [3.05, 3.63) is 120 Å². The number of hydrogen-bond acceptors (Lipinski definition) is 10. The van der Waals surface area contributed by atoms with Crippen LogP contribution in [0.15, 0.2) is 97.1 Å². The molecule has 0 saturated heterocycles. The number of aliphatic hydroxyl groups excluding tert-OH is 4. The van der Waals surface area contributed by atoms with Crippen LogP contribution in [0, 0.1) is 0 Å². The number of anilines is 2. The summed E-state index contributed by atoms with van der Waals surface area (Å²) in [6.07, 6.45) is 8.06. The summed E-state index contributed by atoms with van der Waals surface area (Å²) in [5.41, 5.74) is 7.77. The third-order valence-electron chi connectivity index (χ3n) is 10.9. The summed E-state index contributed by atoms with van der Waals surface area (Å²) in [4.78, 5) is 30.4. The first kappa shape index (κ1) is 53.6. The molecule has 0 aliphatic rings. The van der Waals surface area contributed by atoms with Crippen molar-refractivity contribution in [3.63, 3.8) is 0 Å². The maximum atomic E-state index is 13.3. The van der Waals surface area contributed by atoms with Gasteiger partial charge in [-0.25, -0.2) is 18.3 Å². The smallest absolute Gasteiger partial charge is 0.282 e.